The van der Waals surface area contributed by atoms with Crippen LogP contribution in [-0.2, 0) is 21.1 Å². The lowest BCUT2D eigenvalue weighted by molar-refractivity contribution is -0.385. The summed E-state index contributed by atoms with van der Waals surface area (Å²) in [6.07, 6.45) is 0.311. The van der Waals surface area contributed by atoms with Crippen molar-refractivity contribution in [1.29, 1.82) is 0 Å². The molecular weight excluding hydrogens is 296 g/mol. The van der Waals surface area contributed by atoms with Crippen LogP contribution < -0.4 is 0 Å². The summed E-state index contributed by atoms with van der Waals surface area (Å²) >= 11 is 0. The molecule has 0 saturated carbocycles. The highest BCUT2D eigenvalue weighted by atomic mass is 32.2. The Kier molecular flexibility index (Phi) is 4.26. The van der Waals surface area contributed by atoms with E-state index in [4.69, 9.17) is 0 Å². The third kappa shape index (κ3) is 3.57. The summed E-state index contributed by atoms with van der Waals surface area (Å²) in [5, 5.41) is 10.9. The summed E-state index contributed by atoms with van der Waals surface area (Å²) in [5.41, 5.74) is 0.235. The van der Waals surface area contributed by atoms with Crippen LogP contribution in [0, 0.1) is 10.1 Å². The van der Waals surface area contributed by atoms with Gasteiger partial charge in [0.1, 0.15) is 0 Å². The number of hydrogen-bond acceptors (Lipinski definition) is 5. The van der Waals surface area contributed by atoms with Crippen LogP contribution in [0.5, 0.6) is 0 Å². The molecule has 1 atom stereocenters. The Morgan fingerprint density at radius 1 is 1.43 bits per heavy atom. The standard InChI is InChI=1S/C13H16N2O5S/c1-14(11-6-7-21(19,20)9-11)13(16)8-10-4-2-3-5-12(10)15(17)18/h2-5,11H,6-9H2,1H3/t11-/m0/s1. The van der Waals surface area contributed by atoms with Crippen LogP contribution in [0.15, 0.2) is 24.3 Å². The van der Waals surface area contributed by atoms with Crippen LogP contribution in [0.2, 0.25) is 0 Å². The number of nitro groups is 1. The van der Waals surface area contributed by atoms with Crippen LogP contribution in [0.1, 0.15) is 12.0 Å². The quantitative estimate of drug-likeness (QED) is 0.604. The van der Waals surface area contributed by atoms with Crippen LogP contribution in [-0.4, -0.2) is 48.7 Å². The van der Waals surface area contributed by atoms with E-state index in [-0.39, 0.29) is 35.6 Å². The summed E-state index contributed by atoms with van der Waals surface area (Å²) in [4.78, 5) is 24.0. The summed E-state index contributed by atoms with van der Waals surface area (Å²) in [5.74, 6) is -0.265. The van der Waals surface area contributed by atoms with Crippen LogP contribution >= 0.6 is 0 Å². The maximum absolute atomic E-state index is 12.2. The molecule has 0 aromatic heterocycles. The Morgan fingerprint density at radius 3 is 2.67 bits per heavy atom. The van der Waals surface area contributed by atoms with Gasteiger partial charge in [-0.1, -0.05) is 18.2 Å². The van der Waals surface area contributed by atoms with Gasteiger partial charge < -0.3 is 4.90 Å². The van der Waals surface area contributed by atoms with Crippen molar-refractivity contribution in [1.82, 2.24) is 4.90 Å². The molecule has 1 aliphatic rings. The van der Waals surface area contributed by atoms with Gasteiger partial charge in [0.05, 0.1) is 22.8 Å². The van der Waals surface area contributed by atoms with E-state index in [2.05, 4.69) is 0 Å². The SMILES string of the molecule is CN(C(=O)Cc1ccccc1[N+](=O)[O-])[C@H]1CCS(=O)(=O)C1. The first-order valence-electron chi connectivity index (χ1n) is 6.48. The second kappa shape index (κ2) is 5.80. The zero-order valence-corrected chi connectivity index (χ0v) is 12.4. The number of carbonyl (C=O) groups is 1. The summed E-state index contributed by atoms with van der Waals surface area (Å²) in [6, 6.07) is 5.72. The van der Waals surface area contributed by atoms with Crippen molar-refractivity contribution in [3.63, 3.8) is 0 Å². The molecule has 0 N–H and O–H groups in total. The third-order valence-electron chi connectivity index (χ3n) is 3.68. The Bertz CT molecular complexity index is 671. The molecule has 1 fully saturated rings. The molecule has 1 aromatic rings. The smallest absolute Gasteiger partial charge is 0.273 e. The van der Waals surface area contributed by atoms with Crippen molar-refractivity contribution < 1.29 is 18.1 Å². The van der Waals surface area contributed by atoms with Crippen molar-refractivity contribution in [2.24, 2.45) is 0 Å². The van der Waals surface area contributed by atoms with Gasteiger partial charge in [0.15, 0.2) is 9.84 Å². The van der Waals surface area contributed by atoms with Gasteiger partial charge in [-0.25, -0.2) is 8.42 Å². The number of para-hydroxylation sites is 1. The van der Waals surface area contributed by atoms with Crippen molar-refractivity contribution in [2.45, 2.75) is 18.9 Å². The van der Waals surface area contributed by atoms with E-state index in [1.807, 2.05) is 0 Å². The van der Waals surface area contributed by atoms with Crippen molar-refractivity contribution in [3.8, 4) is 0 Å². The van der Waals surface area contributed by atoms with Gasteiger partial charge in [0, 0.05) is 24.7 Å². The van der Waals surface area contributed by atoms with Gasteiger partial charge in [-0.2, -0.15) is 0 Å². The highest BCUT2D eigenvalue weighted by Gasteiger charge is 2.33. The summed E-state index contributed by atoms with van der Waals surface area (Å²) in [7, 11) is -1.53. The predicted molar refractivity (Wildman–Crippen MR) is 76.6 cm³/mol. The molecule has 1 heterocycles. The largest absolute Gasteiger partial charge is 0.341 e. The summed E-state index contributed by atoms with van der Waals surface area (Å²) < 4.78 is 22.9. The highest BCUT2D eigenvalue weighted by molar-refractivity contribution is 7.91. The number of likely N-dealkylation sites (N-methyl/N-ethyl adjacent to an activating group) is 1. The molecule has 8 heteroatoms. The Labute approximate surface area is 122 Å². The second-order valence-electron chi connectivity index (χ2n) is 5.12. The Morgan fingerprint density at radius 2 is 2.10 bits per heavy atom. The maximum atomic E-state index is 12.2. The van der Waals surface area contributed by atoms with E-state index in [9.17, 15) is 23.3 Å². The van der Waals surface area contributed by atoms with E-state index in [0.29, 0.717) is 12.0 Å². The number of nitro benzene ring substituents is 1. The molecule has 0 unspecified atom stereocenters. The molecule has 114 valence electrons. The molecular formula is C13H16N2O5S. The fraction of sp³-hybridized carbons (Fsp3) is 0.462. The van der Waals surface area contributed by atoms with Gasteiger partial charge in [0.25, 0.3) is 5.69 Å². The van der Waals surface area contributed by atoms with Crippen molar-refractivity contribution in [3.05, 3.63) is 39.9 Å². The zero-order valence-electron chi connectivity index (χ0n) is 11.6. The fourth-order valence-electron chi connectivity index (χ4n) is 2.41. The average Bonchev–Trinajstić information content (AvgIpc) is 2.78. The maximum Gasteiger partial charge on any atom is 0.273 e. The lowest BCUT2D eigenvalue weighted by atomic mass is 10.1. The Hall–Kier alpha value is -1.96. The number of sulfone groups is 1. The average molecular weight is 312 g/mol. The van der Waals surface area contributed by atoms with Crippen LogP contribution in [0.25, 0.3) is 0 Å². The lowest BCUT2D eigenvalue weighted by Crippen LogP contribution is -2.38. The monoisotopic (exact) mass is 312 g/mol. The van der Waals surface area contributed by atoms with E-state index in [1.54, 1.807) is 19.2 Å². The minimum atomic E-state index is -3.07. The zero-order chi connectivity index (χ0) is 15.6. The topological polar surface area (TPSA) is 97.6 Å². The normalized spacial score (nSPS) is 20.1. The molecule has 1 saturated heterocycles. The van der Waals surface area contributed by atoms with Crippen LogP contribution in [0.3, 0.4) is 0 Å². The number of benzene rings is 1. The number of rotatable bonds is 4. The van der Waals surface area contributed by atoms with Gasteiger partial charge in [-0.15, -0.1) is 0 Å². The minimum absolute atomic E-state index is 0.0356. The molecule has 21 heavy (non-hydrogen) atoms. The first-order chi connectivity index (χ1) is 9.80. The van der Waals surface area contributed by atoms with Gasteiger partial charge in [-0.3, -0.25) is 14.9 Å². The molecule has 7 nitrogen and oxygen atoms in total. The minimum Gasteiger partial charge on any atom is -0.341 e. The molecule has 1 amide bonds. The van der Waals surface area contributed by atoms with E-state index in [0.717, 1.165) is 0 Å². The number of amides is 1. The molecule has 0 radical (unpaired) electrons. The predicted octanol–water partition coefficient (Wildman–Crippen LogP) is 0.783. The van der Waals surface area contributed by atoms with Crippen molar-refractivity contribution in [2.75, 3.05) is 18.6 Å². The van der Waals surface area contributed by atoms with E-state index < -0.39 is 14.8 Å². The van der Waals surface area contributed by atoms with E-state index >= 15 is 0 Å². The number of hydrogen-bond donors (Lipinski definition) is 0. The first-order valence-corrected chi connectivity index (χ1v) is 8.30. The Balaban J connectivity index is 2.10. The lowest BCUT2D eigenvalue weighted by Gasteiger charge is -2.23. The second-order valence-corrected chi connectivity index (χ2v) is 7.35. The number of carbonyl (C=O) groups excluding carboxylic acids is 1. The summed E-state index contributed by atoms with van der Waals surface area (Å²) in [6.45, 7) is 0. The molecule has 0 spiro atoms. The van der Waals surface area contributed by atoms with E-state index in [1.165, 1.54) is 17.0 Å². The molecule has 1 aliphatic heterocycles. The highest BCUT2D eigenvalue weighted by Crippen LogP contribution is 2.21. The molecule has 0 aliphatic carbocycles. The molecule has 0 bridgehead atoms. The number of nitrogens with zero attached hydrogens (tertiary/aromatic N) is 2. The van der Waals surface area contributed by atoms with Gasteiger partial charge in [-0.05, 0) is 6.42 Å². The van der Waals surface area contributed by atoms with Crippen molar-refractivity contribution >= 4 is 21.4 Å². The molecule has 1 aromatic carbocycles. The van der Waals surface area contributed by atoms with Gasteiger partial charge in [0.2, 0.25) is 5.91 Å². The molecule has 2 rings (SSSR count). The van der Waals surface area contributed by atoms with Gasteiger partial charge >= 0.3 is 0 Å². The third-order valence-corrected chi connectivity index (χ3v) is 5.43. The fourth-order valence-corrected chi connectivity index (χ4v) is 4.18. The van der Waals surface area contributed by atoms with Crippen LogP contribution in [0.4, 0.5) is 5.69 Å². The first kappa shape index (κ1) is 15.4.